The van der Waals surface area contributed by atoms with Crippen LogP contribution in [0.1, 0.15) is 20.8 Å². The maximum atomic E-state index is 6.56. The number of hydrogen-bond donors (Lipinski definition) is 0. The van der Waals surface area contributed by atoms with Gasteiger partial charge in [-0.2, -0.15) is 13.5 Å². The quantitative estimate of drug-likeness (QED) is 0.400. The Labute approximate surface area is 136 Å². The van der Waals surface area contributed by atoms with Gasteiger partial charge in [0.25, 0.3) is 5.91 Å². The molecule has 12 heteroatoms. The van der Waals surface area contributed by atoms with Crippen LogP contribution in [0, 0.1) is 0 Å². The molecular weight excluding hydrogens is 410 g/mol. The second-order valence-electron chi connectivity index (χ2n) is 2.94. The molecule has 0 N–H and O–H groups in total. The molecule has 1 atom stereocenters. The molecular formula is C6H15Cl3N3P3S3. The summed E-state index contributed by atoms with van der Waals surface area (Å²) in [6.07, 6.45) is 0. The van der Waals surface area contributed by atoms with Gasteiger partial charge in [0.15, 0.2) is 5.61 Å². The fourth-order valence-electron chi connectivity index (χ4n) is 1.15. The Bertz CT molecular complexity index is 453. The summed E-state index contributed by atoms with van der Waals surface area (Å²) >= 11 is 24.1. The molecule has 0 bridgehead atoms. The van der Waals surface area contributed by atoms with Crippen molar-refractivity contribution in [3.63, 3.8) is 0 Å². The van der Waals surface area contributed by atoms with Gasteiger partial charge in [0.2, 0.25) is 5.76 Å². The van der Waals surface area contributed by atoms with Gasteiger partial charge in [0.1, 0.15) is 0 Å². The molecule has 0 saturated carbocycles. The molecule has 1 heterocycles. The van der Waals surface area contributed by atoms with Crippen LogP contribution in [0.3, 0.4) is 0 Å². The Morgan fingerprint density at radius 3 is 1.72 bits per heavy atom. The summed E-state index contributed by atoms with van der Waals surface area (Å²) < 4.78 is 13.7. The molecule has 0 fully saturated rings. The number of halogens is 3. The molecule has 1 aliphatic rings. The minimum Gasteiger partial charge on any atom is -0.197 e. The molecule has 0 aromatic heterocycles. The summed E-state index contributed by atoms with van der Waals surface area (Å²) in [5, 5.41) is 0. The Morgan fingerprint density at radius 2 is 1.28 bits per heavy atom. The lowest BCUT2D eigenvalue weighted by atomic mass is 11.0. The van der Waals surface area contributed by atoms with Crippen LogP contribution >= 0.6 is 85.1 Å². The van der Waals surface area contributed by atoms with E-state index in [0.717, 1.165) is 17.3 Å². The van der Waals surface area contributed by atoms with Crippen molar-refractivity contribution in [1.82, 2.24) is 0 Å². The van der Waals surface area contributed by atoms with Crippen LogP contribution in [-0.2, 0) is 0 Å². The van der Waals surface area contributed by atoms with Crippen LogP contribution in [0.5, 0.6) is 0 Å². The molecule has 0 aromatic carbocycles. The van der Waals surface area contributed by atoms with E-state index in [-0.39, 0.29) is 0 Å². The maximum absolute atomic E-state index is 6.56. The standard InChI is InChI=1S/C6H15Cl3N3P3S3/c1-4-16-14(9)10-13(7,8)11-15(12-14,17-5-2)18-6-3/h4-6H2,1-3H3. The topological polar surface area (TPSA) is 37.1 Å². The van der Waals surface area contributed by atoms with Crippen molar-refractivity contribution in [2.24, 2.45) is 13.5 Å². The average Bonchev–Trinajstić information content (AvgIpc) is 2.13. The van der Waals surface area contributed by atoms with Crippen molar-refractivity contribution in [3.8, 4) is 0 Å². The SMILES string of the molecule is CCSP1(Cl)=NP(Cl)(Cl)=NP(SCC)(SCC)=N1. The Balaban J connectivity index is 3.38. The summed E-state index contributed by atoms with van der Waals surface area (Å²) in [7, 11) is 0. The van der Waals surface area contributed by atoms with E-state index in [1.807, 2.05) is 6.92 Å². The summed E-state index contributed by atoms with van der Waals surface area (Å²) in [6.45, 7) is 6.21. The van der Waals surface area contributed by atoms with E-state index in [1.54, 1.807) is 34.1 Å². The van der Waals surface area contributed by atoms with Gasteiger partial charge in [-0.1, -0.05) is 54.9 Å². The van der Waals surface area contributed by atoms with Crippen LogP contribution in [0.25, 0.3) is 0 Å². The van der Waals surface area contributed by atoms with Crippen LogP contribution in [-0.4, -0.2) is 17.3 Å². The van der Waals surface area contributed by atoms with Gasteiger partial charge in [-0.15, -0.1) is 0 Å². The molecule has 1 aliphatic heterocycles. The Morgan fingerprint density at radius 1 is 0.778 bits per heavy atom. The molecule has 0 radical (unpaired) electrons. The molecule has 1 rings (SSSR count). The third kappa shape index (κ3) is 5.43. The predicted molar refractivity (Wildman–Crippen MR) is 100.0 cm³/mol. The normalized spacial score (nSPS) is 29.0. The van der Waals surface area contributed by atoms with E-state index >= 15 is 0 Å². The summed E-state index contributed by atoms with van der Waals surface area (Å²) in [4.78, 5) is 0. The lowest BCUT2D eigenvalue weighted by Gasteiger charge is -2.27. The molecule has 3 nitrogen and oxygen atoms in total. The van der Waals surface area contributed by atoms with E-state index in [1.165, 1.54) is 0 Å². The number of rotatable bonds is 6. The van der Waals surface area contributed by atoms with Gasteiger partial charge >= 0.3 is 0 Å². The Kier molecular flexibility index (Phi) is 8.03. The molecule has 0 aliphatic carbocycles. The average molecular weight is 425 g/mol. The Hall–Kier alpha value is 2.61. The van der Waals surface area contributed by atoms with Crippen molar-refractivity contribution in [3.05, 3.63) is 0 Å². The van der Waals surface area contributed by atoms with Crippen LogP contribution < -0.4 is 0 Å². The van der Waals surface area contributed by atoms with Gasteiger partial charge in [-0.3, -0.25) is 0 Å². The first kappa shape index (κ1) is 18.7. The molecule has 108 valence electrons. The van der Waals surface area contributed by atoms with Gasteiger partial charge in [-0.25, -0.2) is 0 Å². The fourth-order valence-corrected chi connectivity index (χ4v) is 32.9. The van der Waals surface area contributed by atoms with E-state index < -0.39 is 17.3 Å². The molecule has 0 aromatic rings. The second-order valence-corrected chi connectivity index (χ2v) is 23.4. The summed E-state index contributed by atoms with van der Waals surface area (Å²) in [5.74, 6) is -2.29. The first-order chi connectivity index (χ1) is 8.30. The zero-order valence-electron chi connectivity index (χ0n) is 10.2. The predicted octanol–water partition coefficient (Wildman–Crippen LogP) is 8.81. The van der Waals surface area contributed by atoms with Crippen molar-refractivity contribution in [2.45, 2.75) is 20.8 Å². The highest BCUT2D eigenvalue weighted by Crippen LogP contribution is 2.92. The van der Waals surface area contributed by atoms with Gasteiger partial charge < -0.3 is 0 Å². The molecule has 18 heavy (non-hydrogen) atoms. The van der Waals surface area contributed by atoms with Gasteiger partial charge in [0.05, 0.1) is 0 Å². The highest BCUT2D eigenvalue weighted by Gasteiger charge is 2.34. The monoisotopic (exact) mass is 423 g/mol. The minimum absolute atomic E-state index is 0.853. The third-order valence-electron chi connectivity index (χ3n) is 1.55. The third-order valence-corrected chi connectivity index (χ3v) is 24.3. The largest absolute Gasteiger partial charge is 0.256 e. The summed E-state index contributed by atoms with van der Waals surface area (Å²) in [5.41, 5.74) is -1.99. The zero-order chi connectivity index (χ0) is 13.9. The fraction of sp³-hybridized carbons (Fsp3) is 1.00. The molecule has 1 unspecified atom stereocenters. The van der Waals surface area contributed by atoms with Crippen molar-refractivity contribution in [2.75, 3.05) is 17.3 Å². The molecule has 0 amide bonds. The van der Waals surface area contributed by atoms with Crippen LogP contribution in [0.15, 0.2) is 13.5 Å². The minimum atomic E-state index is -2.66. The number of hydrogen-bond acceptors (Lipinski definition) is 6. The van der Waals surface area contributed by atoms with Crippen LogP contribution in [0.4, 0.5) is 0 Å². The zero-order valence-corrected chi connectivity index (χ0v) is 17.6. The van der Waals surface area contributed by atoms with Crippen molar-refractivity contribution < 1.29 is 0 Å². The van der Waals surface area contributed by atoms with Gasteiger partial charge in [0, 0.05) is 0 Å². The lowest BCUT2D eigenvalue weighted by molar-refractivity contribution is 1.53. The smallest absolute Gasteiger partial charge is 0.197 e. The van der Waals surface area contributed by atoms with E-state index in [4.69, 9.17) is 38.2 Å². The lowest BCUT2D eigenvalue weighted by Crippen LogP contribution is -1.77. The van der Waals surface area contributed by atoms with Crippen LogP contribution in [0.2, 0.25) is 0 Å². The first-order valence-corrected chi connectivity index (χ1v) is 17.8. The highest BCUT2D eigenvalue weighted by molar-refractivity contribution is 8.92. The van der Waals surface area contributed by atoms with E-state index in [9.17, 15) is 0 Å². The van der Waals surface area contributed by atoms with E-state index in [2.05, 4.69) is 22.9 Å². The van der Waals surface area contributed by atoms with Gasteiger partial charge in [-0.05, 0) is 51.0 Å². The maximum Gasteiger partial charge on any atom is 0.256 e. The number of nitrogens with zero attached hydrogens (tertiary/aromatic N) is 3. The van der Waals surface area contributed by atoms with Crippen molar-refractivity contribution >= 4 is 85.1 Å². The van der Waals surface area contributed by atoms with E-state index in [0.29, 0.717) is 0 Å². The second kappa shape index (κ2) is 7.75. The molecule has 0 saturated heterocycles. The van der Waals surface area contributed by atoms with Crippen molar-refractivity contribution in [1.29, 1.82) is 0 Å². The highest BCUT2D eigenvalue weighted by atomic mass is 35.9. The first-order valence-electron chi connectivity index (χ1n) is 5.24. The summed E-state index contributed by atoms with van der Waals surface area (Å²) in [6, 6.07) is 0. The molecule has 0 spiro atoms.